The standard InChI is InChI=1S/C13H18Cl2N2O2/c1-13(2,3)19-12(18)17-7-11(16)9-5-4-8(14)6-10(9)15/h4-6,11H,7,16H2,1-3H3,(H,17,18). The molecule has 1 rings (SSSR count). The predicted octanol–water partition coefficient (Wildman–Crippen LogP) is 3.52. The van der Waals surface area contributed by atoms with E-state index >= 15 is 0 Å². The Hall–Kier alpha value is -0.970. The van der Waals surface area contributed by atoms with Crippen LogP contribution < -0.4 is 11.1 Å². The summed E-state index contributed by atoms with van der Waals surface area (Å²) in [7, 11) is 0. The quantitative estimate of drug-likeness (QED) is 0.898. The number of ether oxygens (including phenoxy) is 1. The van der Waals surface area contributed by atoms with Crippen molar-refractivity contribution in [2.45, 2.75) is 32.4 Å². The summed E-state index contributed by atoms with van der Waals surface area (Å²) in [6, 6.07) is 4.64. The number of hydrogen-bond acceptors (Lipinski definition) is 3. The second kappa shape index (κ2) is 6.46. The minimum Gasteiger partial charge on any atom is -0.444 e. The van der Waals surface area contributed by atoms with Gasteiger partial charge in [0.1, 0.15) is 5.60 Å². The maximum Gasteiger partial charge on any atom is 0.407 e. The summed E-state index contributed by atoms with van der Waals surface area (Å²) >= 11 is 11.8. The van der Waals surface area contributed by atoms with E-state index in [2.05, 4.69) is 5.32 Å². The van der Waals surface area contributed by atoms with Crippen molar-refractivity contribution in [1.29, 1.82) is 0 Å². The molecule has 0 spiro atoms. The summed E-state index contributed by atoms with van der Waals surface area (Å²) in [5.41, 5.74) is 6.15. The molecule has 1 amide bonds. The van der Waals surface area contributed by atoms with Crippen molar-refractivity contribution in [3.05, 3.63) is 33.8 Å². The third kappa shape index (κ3) is 5.68. The second-order valence-corrected chi connectivity index (χ2v) is 6.00. The highest BCUT2D eigenvalue weighted by Gasteiger charge is 2.17. The van der Waals surface area contributed by atoms with Gasteiger partial charge in [-0.2, -0.15) is 0 Å². The fraction of sp³-hybridized carbons (Fsp3) is 0.462. The highest BCUT2D eigenvalue weighted by Crippen LogP contribution is 2.24. The lowest BCUT2D eigenvalue weighted by molar-refractivity contribution is 0.0524. The Kier molecular flexibility index (Phi) is 5.47. The molecular weight excluding hydrogens is 287 g/mol. The van der Waals surface area contributed by atoms with Gasteiger partial charge in [0, 0.05) is 22.6 Å². The average Bonchev–Trinajstić information content (AvgIpc) is 2.23. The Balaban J connectivity index is 2.56. The van der Waals surface area contributed by atoms with Gasteiger partial charge in [0.2, 0.25) is 0 Å². The molecule has 0 aliphatic carbocycles. The van der Waals surface area contributed by atoms with Gasteiger partial charge in [-0.15, -0.1) is 0 Å². The average molecular weight is 305 g/mol. The smallest absolute Gasteiger partial charge is 0.407 e. The van der Waals surface area contributed by atoms with Gasteiger partial charge in [-0.25, -0.2) is 4.79 Å². The Morgan fingerprint density at radius 2 is 2.05 bits per heavy atom. The third-order valence-corrected chi connectivity index (χ3v) is 2.79. The molecule has 1 atom stereocenters. The van der Waals surface area contributed by atoms with Gasteiger partial charge in [-0.1, -0.05) is 29.3 Å². The lowest BCUT2D eigenvalue weighted by atomic mass is 10.1. The van der Waals surface area contributed by atoms with E-state index in [9.17, 15) is 4.79 Å². The highest BCUT2D eigenvalue weighted by atomic mass is 35.5. The highest BCUT2D eigenvalue weighted by molar-refractivity contribution is 6.35. The number of alkyl carbamates (subject to hydrolysis) is 1. The minimum atomic E-state index is -0.536. The number of hydrogen-bond donors (Lipinski definition) is 2. The van der Waals surface area contributed by atoms with Crippen molar-refractivity contribution in [1.82, 2.24) is 5.32 Å². The molecule has 1 unspecified atom stereocenters. The molecular formula is C13H18Cl2N2O2. The van der Waals surface area contributed by atoms with Crippen LogP contribution in [0.2, 0.25) is 10.0 Å². The first kappa shape index (κ1) is 16.1. The summed E-state index contributed by atoms with van der Waals surface area (Å²) in [6.45, 7) is 5.62. The first-order chi connectivity index (χ1) is 8.69. The normalized spacial score (nSPS) is 12.9. The molecule has 0 aliphatic heterocycles. The van der Waals surface area contributed by atoms with Gasteiger partial charge in [0.05, 0.1) is 0 Å². The summed E-state index contributed by atoms with van der Waals surface area (Å²) in [5, 5.41) is 3.62. The fourth-order valence-corrected chi connectivity index (χ4v) is 1.97. The van der Waals surface area contributed by atoms with E-state index in [1.54, 1.807) is 39.0 Å². The zero-order valence-electron chi connectivity index (χ0n) is 11.2. The molecule has 0 saturated heterocycles. The van der Waals surface area contributed by atoms with E-state index in [1.165, 1.54) is 0 Å². The monoisotopic (exact) mass is 304 g/mol. The van der Waals surface area contributed by atoms with Crippen molar-refractivity contribution in [2.24, 2.45) is 5.73 Å². The van der Waals surface area contributed by atoms with Crippen LogP contribution in [0.25, 0.3) is 0 Å². The number of nitrogens with one attached hydrogen (secondary N) is 1. The maximum atomic E-state index is 11.5. The van der Waals surface area contributed by atoms with E-state index in [-0.39, 0.29) is 6.54 Å². The molecule has 6 heteroatoms. The molecule has 1 aromatic carbocycles. The predicted molar refractivity (Wildman–Crippen MR) is 77.6 cm³/mol. The second-order valence-electron chi connectivity index (χ2n) is 5.16. The number of rotatable bonds is 3. The van der Waals surface area contributed by atoms with Crippen LogP contribution in [-0.2, 0) is 4.74 Å². The van der Waals surface area contributed by atoms with Gasteiger partial charge in [-0.05, 0) is 38.5 Å². The van der Waals surface area contributed by atoms with Crippen LogP contribution in [0.5, 0.6) is 0 Å². The Morgan fingerprint density at radius 1 is 1.42 bits per heavy atom. The molecule has 0 fully saturated rings. The number of halogens is 2. The molecule has 3 N–H and O–H groups in total. The largest absolute Gasteiger partial charge is 0.444 e. The molecule has 0 aromatic heterocycles. The van der Waals surface area contributed by atoms with E-state index in [0.29, 0.717) is 10.0 Å². The first-order valence-corrected chi connectivity index (χ1v) is 6.62. The topological polar surface area (TPSA) is 64.3 Å². The van der Waals surface area contributed by atoms with Crippen LogP contribution in [0.1, 0.15) is 32.4 Å². The van der Waals surface area contributed by atoms with Gasteiger partial charge in [0.15, 0.2) is 0 Å². The van der Waals surface area contributed by atoms with Crippen LogP contribution in [0, 0.1) is 0 Å². The van der Waals surface area contributed by atoms with Crippen LogP contribution >= 0.6 is 23.2 Å². The number of benzene rings is 1. The molecule has 1 aromatic rings. The number of carbonyl (C=O) groups is 1. The SMILES string of the molecule is CC(C)(C)OC(=O)NCC(N)c1ccc(Cl)cc1Cl. The Morgan fingerprint density at radius 3 is 2.58 bits per heavy atom. The summed E-state index contributed by atoms with van der Waals surface area (Å²) < 4.78 is 5.11. The van der Waals surface area contributed by atoms with Crippen molar-refractivity contribution in [3.63, 3.8) is 0 Å². The maximum absolute atomic E-state index is 11.5. The lowest BCUT2D eigenvalue weighted by Crippen LogP contribution is -2.36. The fourth-order valence-electron chi connectivity index (χ4n) is 1.42. The van der Waals surface area contributed by atoms with E-state index in [0.717, 1.165) is 5.56 Å². The molecule has 19 heavy (non-hydrogen) atoms. The molecule has 4 nitrogen and oxygen atoms in total. The van der Waals surface area contributed by atoms with Gasteiger partial charge >= 0.3 is 6.09 Å². The lowest BCUT2D eigenvalue weighted by Gasteiger charge is -2.21. The van der Waals surface area contributed by atoms with E-state index < -0.39 is 17.7 Å². The van der Waals surface area contributed by atoms with Crippen LogP contribution in [0.3, 0.4) is 0 Å². The van der Waals surface area contributed by atoms with Crippen molar-refractivity contribution < 1.29 is 9.53 Å². The number of nitrogens with two attached hydrogens (primary N) is 1. The van der Waals surface area contributed by atoms with Gasteiger partial charge in [-0.3, -0.25) is 0 Å². The van der Waals surface area contributed by atoms with Crippen molar-refractivity contribution in [2.75, 3.05) is 6.54 Å². The molecule has 0 saturated carbocycles. The minimum absolute atomic E-state index is 0.232. The van der Waals surface area contributed by atoms with Gasteiger partial charge in [0.25, 0.3) is 0 Å². The van der Waals surface area contributed by atoms with Crippen LogP contribution in [-0.4, -0.2) is 18.2 Å². The molecule has 0 radical (unpaired) electrons. The molecule has 106 valence electrons. The van der Waals surface area contributed by atoms with Crippen molar-refractivity contribution >= 4 is 29.3 Å². The summed E-state index contributed by atoms with van der Waals surface area (Å²) in [4.78, 5) is 11.5. The Labute approximate surface area is 123 Å². The van der Waals surface area contributed by atoms with Gasteiger partial charge < -0.3 is 15.8 Å². The summed E-state index contributed by atoms with van der Waals surface area (Å²) in [6.07, 6.45) is -0.506. The summed E-state index contributed by atoms with van der Waals surface area (Å²) in [5.74, 6) is 0. The third-order valence-electron chi connectivity index (χ3n) is 2.23. The molecule has 0 heterocycles. The first-order valence-electron chi connectivity index (χ1n) is 5.86. The zero-order valence-corrected chi connectivity index (χ0v) is 12.7. The number of amides is 1. The van der Waals surface area contributed by atoms with Crippen LogP contribution in [0.15, 0.2) is 18.2 Å². The molecule has 0 bridgehead atoms. The van der Waals surface area contributed by atoms with E-state index in [4.69, 9.17) is 33.7 Å². The van der Waals surface area contributed by atoms with Crippen LogP contribution in [0.4, 0.5) is 4.79 Å². The van der Waals surface area contributed by atoms with Crippen molar-refractivity contribution in [3.8, 4) is 0 Å². The number of carbonyl (C=O) groups excluding carboxylic acids is 1. The van der Waals surface area contributed by atoms with E-state index in [1.807, 2.05) is 0 Å². The molecule has 0 aliphatic rings. The zero-order chi connectivity index (χ0) is 14.6. The Bertz CT molecular complexity index is 458.